The molecule has 3 aromatic heterocycles. The minimum atomic E-state index is 0.182. The summed E-state index contributed by atoms with van der Waals surface area (Å²) < 4.78 is 15.7. The summed E-state index contributed by atoms with van der Waals surface area (Å²) in [5, 5.41) is 11.8. The van der Waals surface area contributed by atoms with E-state index < -0.39 is 0 Å². The maximum atomic E-state index is 5.46. The molecule has 8 nitrogen and oxygen atoms in total. The number of aromatic nitrogens is 5. The van der Waals surface area contributed by atoms with E-state index in [-0.39, 0.29) is 5.92 Å². The molecule has 23 heavy (non-hydrogen) atoms. The zero-order chi connectivity index (χ0) is 16.2. The van der Waals surface area contributed by atoms with E-state index in [1.165, 1.54) is 0 Å². The van der Waals surface area contributed by atoms with Crippen molar-refractivity contribution >= 4 is 12.2 Å². The minimum absolute atomic E-state index is 0.182. The van der Waals surface area contributed by atoms with Gasteiger partial charge in [-0.25, -0.2) is 4.98 Å². The first-order valence-electron chi connectivity index (χ1n) is 7.01. The Kier molecular flexibility index (Phi) is 4.13. The zero-order valence-corrected chi connectivity index (χ0v) is 12.9. The second kappa shape index (κ2) is 6.39. The smallest absolute Gasteiger partial charge is 0.251 e. The van der Waals surface area contributed by atoms with Gasteiger partial charge in [0.1, 0.15) is 0 Å². The van der Waals surface area contributed by atoms with Crippen LogP contribution in [0.15, 0.2) is 27.3 Å². The van der Waals surface area contributed by atoms with Crippen LogP contribution in [0.3, 0.4) is 0 Å². The van der Waals surface area contributed by atoms with Crippen molar-refractivity contribution in [3.8, 4) is 17.3 Å². The summed E-state index contributed by atoms with van der Waals surface area (Å²) in [6, 6.07) is 3.50. The third-order valence-corrected chi connectivity index (χ3v) is 2.96. The highest BCUT2D eigenvalue weighted by molar-refractivity contribution is 5.63. The van der Waals surface area contributed by atoms with E-state index >= 15 is 0 Å². The van der Waals surface area contributed by atoms with Crippen LogP contribution in [-0.2, 0) is 0 Å². The number of rotatable bonds is 5. The molecule has 0 spiro atoms. The van der Waals surface area contributed by atoms with Crippen molar-refractivity contribution in [2.45, 2.75) is 19.8 Å². The topological polar surface area (TPSA) is 100.0 Å². The summed E-state index contributed by atoms with van der Waals surface area (Å²) in [7, 11) is 1.55. The van der Waals surface area contributed by atoms with Gasteiger partial charge in [-0.2, -0.15) is 4.98 Å². The number of methoxy groups -OCH3 is 1. The lowest BCUT2D eigenvalue weighted by Crippen LogP contribution is -1.88. The van der Waals surface area contributed by atoms with Crippen molar-refractivity contribution < 1.29 is 13.7 Å². The van der Waals surface area contributed by atoms with Gasteiger partial charge >= 0.3 is 0 Å². The van der Waals surface area contributed by atoms with Gasteiger partial charge in [-0.15, -0.1) is 10.2 Å². The first-order chi connectivity index (χ1) is 11.2. The molecule has 3 aromatic rings. The highest BCUT2D eigenvalue weighted by Crippen LogP contribution is 2.20. The van der Waals surface area contributed by atoms with E-state index in [4.69, 9.17) is 13.7 Å². The lowest BCUT2D eigenvalue weighted by Gasteiger charge is -1.98. The molecule has 0 radical (unpaired) electrons. The Bertz CT molecular complexity index is 822. The van der Waals surface area contributed by atoms with E-state index in [0.29, 0.717) is 29.4 Å². The standard InChI is InChI=1S/C15H15N5O3/c1-9(2)15-19-18-12(22-15)5-4-11-17-14(20-23-11)10-6-7-16-13(8-10)21-3/h4-9H,1-3H3/b5-4+. The third kappa shape index (κ3) is 3.42. The molecule has 0 aliphatic heterocycles. The normalized spacial score (nSPS) is 11.5. The van der Waals surface area contributed by atoms with Crippen LogP contribution >= 0.6 is 0 Å². The van der Waals surface area contributed by atoms with E-state index in [1.807, 2.05) is 13.8 Å². The van der Waals surface area contributed by atoms with Crippen molar-refractivity contribution in [2.75, 3.05) is 7.11 Å². The van der Waals surface area contributed by atoms with Crippen LogP contribution < -0.4 is 4.74 Å². The monoisotopic (exact) mass is 313 g/mol. The summed E-state index contributed by atoms with van der Waals surface area (Å²) >= 11 is 0. The number of hydrogen-bond donors (Lipinski definition) is 0. The molecule has 0 aromatic carbocycles. The second-order valence-electron chi connectivity index (χ2n) is 5.01. The van der Waals surface area contributed by atoms with Gasteiger partial charge in [0.2, 0.25) is 23.5 Å². The predicted octanol–water partition coefficient (Wildman–Crippen LogP) is 2.82. The molecule has 0 bridgehead atoms. The molecule has 0 atom stereocenters. The van der Waals surface area contributed by atoms with E-state index in [9.17, 15) is 0 Å². The molecule has 0 fully saturated rings. The summed E-state index contributed by atoms with van der Waals surface area (Å²) in [5.74, 6) is 2.41. The van der Waals surface area contributed by atoms with Gasteiger partial charge in [-0.1, -0.05) is 19.0 Å². The number of ether oxygens (including phenoxy) is 1. The van der Waals surface area contributed by atoms with Gasteiger partial charge in [0.05, 0.1) is 7.11 Å². The first-order valence-corrected chi connectivity index (χ1v) is 7.01. The van der Waals surface area contributed by atoms with Gasteiger partial charge in [0, 0.05) is 35.9 Å². The molecule has 0 unspecified atom stereocenters. The molecule has 3 rings (SSSR count). The van der Waals surface area contributed by atoms with E-state index in [1.54, 1.807) is 37.6 Å². The summed E-state index contributed by atoms with van der Waals surface area (Å²) in [4.78, 5) is 8.31. The Hall–Kier alpha value is -3.03. The Labute approximate surface area is 132 Å². The molecule has 0 aliphatic rings. The molecule has 8 heteroatoms. The number of pyridine rings is 1. The van der Waals surface area contributed by atoms with Gasteiger partial charge in [0.15, 0.2) is 0 Å². The Morgan fingerprint density at radius 2 is 2.00 bits per heavy atom. The van der Waals surface area contributed by atoms with Crippen LogP contribution in [0.4, 0.5) is 0 Å². The molecule has 0 saturated carbocycles. The molecule has 0 N–H and O–H groups in total. The van der Waals surface area contributed by atoms with Crippen LogP contribution in [0.2, 0.25) is 0 Å². The van der Waals surface area contributed by atoms with Gasteiger partial charge < -0.3 is 13.7 Å². The highest BCUT2D eigenvalue weighted by Gasteiger charge is 2.10. The summed E-state index contributed by atoms with van der Waals surface area (Å²) in [5.41, 5.74) is 0.750. The van der Waals surface area contributed by atoms with Crippen LogP contribution in [0.1, 0.15) is 37.4 Å². The van der Waals surface area contributed by atoms with Crippen LogP contribution in [0, 0.1) is 0 Å². The van der Waals surface area contributed by atoms with Gasteiger partial charge in [-0.05, 0) is 6.07 Å². The molecule has 0 aliphatic carbocycles. The molecular weight excluding hydrogens is 298 g/mol. The average molecular weight is 313 g/mol. The lowest BCUT2D eigenvalue weighted by molar-refractivity contribution is 0.397. The second-order valence-corrected chi connectivity index (χ2v) is 5.01. The number of hydrogen-bond acceptors (Lipinski definition) is 8. The number of nitrogens with zero attached hydrogens (tertiary/aromatic N) is 5. The minimum Gasteiger partial charge on any atom is -0.481 e. The molecule has 118 valence electrons. The zero-order valence-electron chi connectivity index (χ0n) is 12.9. The first kappa shape index (κ1) is 14.9. The third-order valence-electron chi connectivity index (χ3n) is 2.96. The quantitative estimate of drug-likeness (QED) is 0.708. The van der Waals surface area contributed by atoms with Crippen molar-refractivity contribution in [1.82, 2.24) is 25.3 Å². The predicted molar refractivity (Wildman–Crippen MR) is 81.4 cm³/mol. The Morgan fingerprint density at radius 1 is 1.17 bits per heavy atom. The summed E-state index contributed by atoms with van der Waals surface area (Å²) in [6.45, 7) is 3.96. The molecule has 0 amide bonds. The van der Waals surface area contributed by atoms with Crippen molar-refractivity contribution in [3.63, 3.8) is 0 Å². The van der Waals surface area contributed by atoms with Crippen molar-refractivity contribution in [1.29, 1.82) is 0 Å². The van der Waals surface area contributed by atoms with Crippen molar-refractivity contribution in [2.24, 2.45) is 0 Å². The SMILES string of the molecule is COc1cc(-c2noc(/C=C/c3nnc(C(C)C)o3)n2)ccn1. The van der Waals surface area contributed by atoms with Crippen LogP contribution in [0.5, 0.6) is 5.88 Å². The van der Waals surface area contributed by atoms with Crippen molar-refractivity contribution in [3.05, 3.63) is 36.0 Å². The van der Waals surface area contributed by atoms with Crippen LogP contribution in [-0.4, -0.2) is 32.4 Å². The average Bonchev–Trinajstić information content (AvgIpc) is 3.22. The highest BCUT2D eigenvalue weighted by atomic mass is 16.5. The molecule has 3 heterocycles. The molecular formula is C15H15N5O3. The maximum Gasteiger partial charge on any atom is 0.251 e. The van der Waals surface area contributed by atoms with E-state index in [2.05, 4.69) is 25.3 Å². The Balaban J connectivity index is 1.77. The van der Waals surface area contributed by atoms with Gasteiger partial charge in [-0.3, -0.25) is 0 Å². The Morgan fingerprint density at radius 3 is 2.74 bits per heavy atom. The summed E-state index contributed by atoms with van der Waals surface area (Å²) in [6.07, 6.45) is 4.86. The molecule has 0 saturated heterocycles. The maximum absolute atomic E-state index is 5.46. The van der Waals surface area contributed by atoms with E-state index in [0.717, 1.165) is 5.56 Å². The fraction of sp³-hybridized carbons (Fsp3) is 0.267. The lowest BCUT2D eigenvalue weighted by atomic mass is 10.2. The van der Waals surface area contributed by atoms with Crippen LogP contribution in [0.25, 0.3) is 23.5 Å². The largest absolute Gasteiger partial charge is 0.481 e. The fourth-order valence-corrected chi connectivity index (χ4v) is 1.77. The van der Waals surface area contributed by atoms with Gasteiger partial charge in [0.25, 0.3) is 5.89 Å². The fourth-order valence-electron chi connectivity index (χ4n) is 1.77.